The van der Waals surface area contributed by atoms with E-state index in [2.05, 4.69) is 5.32 Å². The highest BCUT2D eigenvalue weighted by Crippen LogP contribution is 2.32. The van der Waals surface area contributed by atoms with Crippen LogP contribution >= 0.6 is 0 Å². The molecule has 2 aliphatic rings. The van der Waals surface area contributed by atoms with Crippen LogP contribution in [0, 0.1) is 0 Å². The summed E-state index contributed by atoms with van der Waals surface area (Å²) in [6, 6.07) is 12.9. The van der Waals surface area contributed by atoms with Gasteiger partial charge in [0.2, 0.25) is 12.7 Å². The minimum Gasteiger partial charge on any atom is -0.454 e. The van der Waals surface area contributed by atoms with Crippen molar-refractivity contribution in [3.8, 4) is 11.5 Å². The summed E-state index contributed by atoms with van der Waals surface area (Å²) in [5.74, 6) is 1.48. The molecule has 6 nitrogen and oxygen atoms in total. The zero-order valence-corrected chi connectivity index (χ0v) is 15.8. The largest absolute Gasteiger partial charge is 0.454 e. The number of fused-ring (bicyclic) bond motifs is 1. The van der Waals surface area contributed by atoms with Crippen LogP contribution in [0.1, 0.15) is 41.6 Å². The van der Waals surface area contributed by atoms with E-state index < -0.39 is 0 Å². The van der Waals surface area contributed by atoms with Crippen LogP contribution in [-0.4, -0.2) is 36.6 Å². The van der Waals surface area contributed by atoms with Crippen molar-refractivity contribution in [2.24, 2.45) is 0 Å². The van der Waals surface area contributed by atoms with E-state index in [1.807, 2.05) is 23.1 Å². The first-order chi connectivity index (χ1) is 13.7. The number of piperidine rings is 1. The van der Waals surface area contributed by atoms with Crippen LogP contribution in [0.15, 0.2) is 42.5 Å². The summed E-state index contributed by atoms with van der Waals surface area (Å²) in [5.41, 5.74) is 2.40. The van der Waals surface area contributed by atoms with E-state index in [1.54, 1.807) is 24.3 Å². The van der Waals surface area contributed by atoms with Gasteiger partial charge in [0.25, 0.3) is 5.91 Å². The first-order valence-corrected chi connectivity index (χ1v) is 9.77. The van der Waals surface area contributed by atoms with Gasteiger partial charge in [-0.25, -0.2) is 0 Å². The van der Waals surface area contributed by atoms with E-state index in [4.69, 9.17) is 9.47 Å². The van der Waals surface area contributed by atoms with Gasteiger partial charge in [0.05, 0.1) is 0 Å². The molecule has 2 amide bonds. The molecule has 0 spiro atoms. The maximum atomic E-state index is 12.5. The van der Waals surface area contributed by atoms with Gasteiger partial charge < -0.3 is 19.7 Å². The highest BCUT2D eigenvalue weighted by molar-refractivity contribution is 5.96. The number of likely N-dealkylation sites (tertiary alicyclic amines) is 1. The Morgan fingerprint density at radius 1 is 0.929 bits per heavy atom. The third kappa shape index (κ3) is 4.27. The fourth-order valence-electron chi connectivity index (χ4n) is 3.55. The number of hydrogen-bond donors (Lipinski definition) is 1. The smallest absolute Gasteiger partial charge is 0.253 e. The van der Waals surface area contributed by atoms with Gasteiger partial charge in [-0.3, -0.25) is 9.59 Å². The molecule has 1 saturated heterocycles. The highest BCUT2D eigenvalue weighted by Gasteiger charge is 2.18. The van der Waals surface area contributed by atoms with Crippen LogP contribution in [0.4, 0.5) is 5.69 Å². The fraction of sp³-hybridized carbons (Fsp3) is 0.364. The zero-order chi connectivity index (χ0) is 19.3. The van der Waals surface area contributed by atoms with Gasteiger partial charge in [-0.05, 0) is 67.6 Å². The lowest BCUT2D eigenvalue weighted by Gasteiger charge is -2.26. The molecule has 2 aliphatic heterocycles. The molecule has 0 aromatic heterocycles. The summed E-state index contributed by atoms with van der Waals surface area (Å²) in [7, 11) is 0. The molecule has 4 rings (SSSR count). The van der Waals surface area contributed by atoms with E-state index >= 15 is 0 Å². The van der Waals surface area contributed by atoms with Gasteiger partial charge in [0.15, 0.2) is 11.5 Å². The minimum atomic E-state index is -0.0622. The number of carbonyl (C=O) groups excluding carboxylic acids is 2. The van der Waals surface area contributed by atoms with E-state index in [1.165, 1.54) is 6.42 Å². The number of nitrogens with one attached hydrogen (secondary N) is 1. The Morgan fingerprint density at radius 3 is 2.46 bits per heavy atom. The number of ether oxygens (including phenoxy) is 2. The van der Waals surface area contributed by atoms with Crippen molar-refractivity contribution in [1.29, 1.82) is 0 Å². The number of amides is 2. The second kappa shape index (κ2) is 8.33. The Morgan fingerprint density at radius 2 is 1.68 bits per heavy atom. The number of carbonyl (C=O) groups is 2. The Labute approximate surface area is 164 Å². The number of benzene rings is 2. The number of rotatable bonds is 5. The Kier molecular flexibility index (Phi) is 5.46. The van der Waals surface area contributed by atoms with Gasteiger partial charge >= 0.3 is 0 Å². The van der Waals surface area contributed by atoms with Crippen LogP contribution < -0.4 is 14.8 Å². The maximum absolute atomic E-state index is 12.5. The molecule has 2 aromatic carbocycles. The van der Waals surface area contributed by atoms with Crippen molar-refractivity contribution in [2.75, 3.05) is 25.2 Å². The molecule has 0 saturated carbocycles. The predicted octanol–water partition coefficient (Wildman–Crippen LogP) is 3.61. The van der Waals surface area contributed by atoms with Gasteiger partial charge in [0.1, 0.15) is 0 Å². The average molecular weight is 380 g/mol. The van der Waals surface area contributed by atoms with E-state index in [9.17, 15) is 9.59 Å². The van der Waals surface area contributed by atoms with Crippen molar-refractivity contribution >= 4 is 17.5 Å². The van der Waals surface area contributed by atoms with Gasteiger partial charge in [-0.2, -0.15) is 0 Å². The summed E-state index contributed by atoms with van der Waals surface area (Å²) in [6.07, 6.45) is 4.33. The minimum absolute atomic E-state index is 0.0622. The summed E-state index contributed by atoms with van der Waals surface area (Å²) in [6.45, 7) is 1.91. The molecule has 2 aromatic rings. The maximum Gasteiger partial charge on any atom is 0.253 e. The Hall–Kier alpha value is -3.02. The predicted molar refractivity (Wildman–Crippen MR) is 106 cm³/mol. The molecule has 0 radical (unpaired) electrons. The van der Waals surface area contributed by atoms with Gasteiger partial charge in [-0.15, -0.1) is 0 Å². The van der Waals surface area contributed by atoms with Crippen LogP contribution in [0.2, 0.25) is 0 Å². The van der Waals surface area contributed by atoms with Crippen molar-refractivity contribution in [3.05, 3.63) is 53.6 Å². The lowest BCUT2D eigenvalue weighted by molar-refractivity contribution is -0.116. The summed E-state index contributed by atoms with van der Waals surface area (Å²) in [4.78, 5) is 26.6. The first-order valence-electron chi connectivity index (χ1n) is 9.77. The molecule has 0 atom stereocenters. The standard InChI is InChI=1S/C22H24N2O4/c25-21(11-5-16-4-10-19-20(14-16)28-15-27-19)23-18-8-6-17(7-9-18)22(26)24-12-2-1-3-13-24/h4,6-10,14H,1-3,5,11-13,15H2,(H,23,25). The third-order valence-corrected chi connectivity index (χ3v) is 5.14. The van der Waals surface area contributed by atoms with Crippen molar-refractivity contribution in [1.82, 2.24) is 4.90 Å². The second-order valence-electron chi connectivity index (χ2n) is 7.17. The van der Waals surface area contributed by atoms with Crippen molar-refractivity contribution in [3.63, 3.8) is 0 Å². The molecule has 0 bridgehead atoms. The fourth-order valence-corrected chi connectivity index (χ4v) is 3.55. The van der Waals surface area contributed by atoms with E-state index in [-0.39, 0.29) is 18.6 Å². The average Bonchev–Trinajstić information content (AvgIpc) is 3.21. The molecular formula is C22H24N2O4. The summed E-state index contributed by atoms with van der Waals surface area (Å²) >= 11 is 0. The second-order valence-corrected chi connectivity index (χ2v) is 7.17. The zero-order valence-electron chi connectivity index (χ0n) is 15.8. The quantitative estimate of drug-likeness (QED) is 0.860. The Balaban J connectivity index is 1.29. The lowest BCUT2D eigenvalue weighted by Crippen LogP contribution is -2.35. The molecule has 28 heavy (non-hydrogen) atoms. The normalized spacial score (nSPS) is 15.4. The van der Waals surface area contributed by atoms with Gasteiger partial charge in [-0.1, -0.05) is 6.07 Å². The van der Waals surface area contributed by atoms with Crippen LogP contribution in [0.5, 0.6) is 11.5 Å². The van der Waals surface area contributed by atoms with E-state index in [0.29, 0.717) is 24.1 Å². The summed E-state index contributed by atoms with van der Waals surface area (Å²) < 4.78 is 10.7. The van der Waals surface area contributed by atoms with Crippen LogP contribution in [0.3, 0.4) is 0 Å². The number of anilines is 1. The molecule has 146 valence electrons. The number of hydrogen-bond acceptors (Lipinski definition) is 4. The molecule has 2 heterocycles. The monoisotopic (exact) mass is 380 g/mol. The molecule has 0 unspecified atom stereocenters. The number of aryl methyl sites for hydroxylation is 1. The Bertz CT molecular complexity index is 857. The molecule has 0 aliphatic carbocycles. The first kappa shape index (κ1) is 18.3. The lowest BCUT2D eigenvalue weighted by atomic mass is 10.1. The van der Waals surface area contributed by atoms with Crippen LogP contribution in [0.25, 0.3) is 0 Å². The highest BCUT2D eigenvalue weighted by atomic mass is 16.7. The van der Waals surface area contributed by atoms with Crippen molar-refractivity contribution in [2.45, 2.75) is 32.1 Å². The number of nitrogens with zero attached hydrogens (tertiary/aromatic N) is 1. The molecule has 6 heteroatoms. The van der Waals surface area contributed by atoms with E-state index in [0.717, 1.165) is 43.0 Å². The SMILES string of the molecule is O=C(CCc1ccc2c(c1)OCO2)Nc1ccc(C(=O)N2CCCCC2)cc1. The summed E-state index contributed by atoms with van der Waals surface area (Å²) in [5, 5.41) is 2.89. The van der Waals surface area contributed by atoms with Crippen molar-refractivity contribution < 1.29 is 19.1 Å². The molecule has 1 fully saturated rings. The third-order valence-electron chi connectivity index (χ3n) is 5.14. The molecular weight excluding hydrogens is 356 g/mol. The topological polar surface area (TPSA) is 67.9 Å². The molecule has 1 N–H and O–H groups in total. The van der Waals surface area contributed by atoms with Gasteiger partial charge in [0, 0.05) is 30.8 Å². The van der Waals surface area contributed by atoms with Crippen LogP contribution in [-0.2, 0) is 11.2 Å².